The van der Waals surface area contributed by atoms with Crippen LogP contribution in [0.5, 0.6) is 0 Å². The standard InChI is InChI=1S/C25H29N3O4.2ClH/c1-3-28(4-2)14-13-18-15-21-7-5-6-8-23(21)22(16-18)17-32-27-25(30)20-11-9-19(10-12-20)24(29)26-31;;/h5-12,15-16,31H,3-4,13-14,17H2,1-2H3,(H,26,29)(H,27,30);2*1H. The molecule has 3 N–H and O–H groups in total. The van der Waals surface area contributed by atoms with Crippen LogP contribution in [0.15, 0.2) is 60.7 Å². The van der Waals surface area contributed by atoms with Crippen molar-refractivity contribution >= 4 is 47.4 Å². The average Bonchev–Trinajstić information content (AvgIpc) is 2.84. The molecule has 7 nitrogen and oxygen atoms in total. The second kappa shape index (κ2) is 14.6. The van der Waals surface area contributed by atoms with Crippen LogP contribution in [0, 0.1) is 0 Å². The minimum Gasteiger partial charge on any atom is -0.304 e. The molecule has 2 amide bonds. The summed E-state index contributed by atoms with van der Waals surface area (Å²) in [6, 6.07) is 18.4. The highest BCUT2D eigenvalue weighted by atomic mass is 35.5. The van der Waals surface area contributed by atoms with Crippen molar-refractivity contribution in [3.8, 4) is 0 Å². The molecule has 3 rings (SSSR count). The number of likely N-dealkylation sites (N-methyl/N-ethyl adjacent to an activating group) is 1. The van der Waals surface area contributed by atoms with Gasteiger partial charge in [-0.3, -0.25) is 19.6 Å². The number of hydrogen-bond donors (Lipinski definition) is 3. The molecule has 0 aromatic heterocycles. The zero-order valence-electron chi connectivity index (χ0n) is 19.2. The van der Waals surface area contributed by atoms with Crippen LogP contribution in [-0.2, 0) is 17.9 Å². The third kappa shape index (κ3) is 7.68. The van der Waals surface area contributed by atoms with E-state index in [2.05, 4.69) is 48.5 Å². The third-order valence-corrected chi connectivity index (χ3v) is 5.52. The van der Waals surface area contributed by atoms with Crippen molar-refractivity contribution in [1.82, 2.24) is 15.9 Å². The maximum atomic E-state index is 12.4. The molecule has 34 heavy (non-hydrogen) atoms. The van der Waals surface area contributed by atoms with Crippen LogP contribution in [0.4, 0.5) is 0 Å². The lowest BCUT2D eigenvalue weighted by Gasteiger charge is -2.18. The maximum Gasteiger partial charge on any atom is 0.274 e. The summed E-state index contributed by atoms with van der Waals surface area (Å²) in [6.45, 7) is 7.61. The number of rotatable bonds is 10. The minimum absolute atomic E-state index is 0. The zero-order valence-corrected chi connectivity index (χ0v) is 20.9. The van der Waals surface area contributed by atoms with E-state index in [4.69, 9.17) is 10.0 Å². The van der Waals surface area contributed by atoms with E-state index in [1.54, 1.807) is 5.48 Å². The highest BCUT2D eigenvalue weighted by Crippen LogP contribution is 2.22. The first-order valence-electron chi connectivity index (χ1n) is 10.7. The normalized spacial score (nSPS) is 10.4. The van der Waals surface area contributed by atoms with Gasteiger partial charge in [0.05, 0.1) is 0 Å². The number of nitrogens with one attached hydrogen (secondary N) is 2. The first kappa shape index (κ1) is 29.4. The second-order valence-corrected chi connectivity index (χ2v) is 7.49. The summed E-state index contributed by atoms with van der Waals surface area (Å²) >= 11 is 0. The van der Waals surface area contributed by atoms with Crippen molar-refractivity contribution in [2.24, 2.45) is 0 Å². The van der Waals surface area contributed by atoms with Gasteiger partial charge in [-0.05, 0) is 65.7 Å². The SMILES string of the molecule is CCN(CC)CCc1cc(CONC(=O)c2ccc(C(=O)NO)cc2)c2ccccc2c1.Cl.Cl. The summed E-state index contributed by atoms with van der Waals surface area (Å²) < 4.78 is 0. The van der Waals surface area contributed by atoms with Gasteiger partial charge in [0.25, 0.3) is 11.8 Å². The molecule has 0 atom stereocenters. The number of amides is 2. The molecule has 0 radical (unpaired) electrons. The van der Waals surface area contributed by atoms with Gasteiger partial charge < -0.3 is 4.90 Å². The van der Waals surface area contributed by atoms with Crippen LogP contribution in [0.2, 0.25) is 0 Å². The largest absolute Gasteiger partial charge is 0.304 e. The van der Waals surface area contributed by atoms with Gasteiger partial charge in [-0.25, -0.2) is 11.0 Å². The fourth-order valence-electron chi connectivity index (χ4n) is 3.62. The number of halogens is 2. The summed E-state index contributed by atoms with van der Waals surface area (Å²) in [5, 5.41) is 10.9. The van der Waals surface area contributed by atoms with E-state index in [1.165, 1.54) is 29.8 Å². The maximum absolute atomic E-state index is 12.4. The van der Waals surface area contributed by atoms with E-state index in [1.807, 2.05) is 12.1 Å². The van der Waals surface area contributed by atoms with Crippen molar-refractivity contribution in [2.45, 2.75) is 26.9 Å². The average molecular weight is 508 g/mol. The predicted octanol–water partition coefficient (Wildman–Crippen LogP) is 4.55. The summed E-state index contributed by atoms with van der Waals surface area (Å²) in [7, 11) is 0. The third-order valence-electron chi connectivity index (χ3n) is 5.52. The van der Waals surface area contributed by atoms with E-state index in [9.17, 15) is 9.59 Å². The number of nitrogens with zero attached hydrogens (tertiary/aromatic N) is 1. The smallest absolute Gasteiger partial charge is 0.274 e. The number of carbonyl (C=O) groups excluding carboxylic acids is 2. The summed E-state index contributed by atoms with van der Waals surface area (Å²) in [4.78, 5) is 31.7. The first-order chi connectivity index (χ1) is 15.5. The van der Waals surface area contributed by atoms with Gasteiger partial charge in [0.2, 0.25) is 0 Å². The number of carbonyl (C=O) groups is 2. The molecular formula is C25H31Cl2N3O4. The van der Waals surface area contributed by atoms with Crippen LogP contribution in [-0.4, -0.2) is 41.6 Å². The molecule has 3 aromatic carbocycles. The number of fused-ring (bicyclic) bond motifs is 1. The van der Waals surface area contributed by atoms with Gasteiger partial charge in [-0.1, -0.05) is 50.2 Å². The van der Waals surface area contributed by atoms with Crippen LogP contribution in [0.1, 0.15) is 45.7 Å². The molecule has 0 spiro atoms. The Morgan fingerprint density at radius 3 is 2.15 bits per heavy atom. The van der Waals surface area contributed by atoms with Crippen LogP contribution in [0.25, 0.3) is 10.8 Å². The Labute approximate surface area is 212 Å². The summed E-state index contributed by atoms with van der Waals surface area (Å²) in [5.41, 5.74) is 6.86. The van der Waals surface area contributed by atoms with Gasteiger partial charge in [-0.2, -0.15) is 0 Å². The number of hydroxylamine groups is 2. The minimum atomic E-state index is -0.638. The predicted molar refractivity (Wildman–Crippen MR) is 138 cm³/mol. The molecule has 0 unspecified atom stereocenters. The van der Waals surface area contributed by atoms with Gasteiger partial charge >= 0.3 is 0 Å². The molecule has 0 aliphatic carbocycles. The molecule has 0 aliphatic heterocycles. The summed E-state index contributed by atoms with van der Waals surface area (Å²) in [5.74, 6) is -1.05. The zero-order chi connectivity index (χ0) is 22.9. The van der Waals surface area contributed by atoms with Crippen molar-refractivity contribution in [2.75, 3.05) is 19.6 Å². The molecule has 9 heteroatoms. The lowest BCUT2D eigenvalue weighted by atomic mass is 9.99. The lowest BCUT2D eigenvalue weighted by molar-refractivity contribution is 0.0237. The van der Waals surface area contributed by atoms with E-state index in [0.717, 1.165) is 42.4 Å². The Kier molecular flexibility index (Phi) is 12.6. The quantitative estimate of drug-likeness (QED) is 0.276. The highest BCUT2D eigenvalue weighted by Gasteiger charge is 2.10. The fraction of sp³-hybridized carbons (Fsp3) is 0.280. The molecule has 0 heterocycles. The molecule has 0 aliphatic rings. The molecule has 184 valence electrons. The Bertz CT molecular complexity index is 1070. The Balaban J connectivity index is 0.00000289. The Morgan fingerprint density at radius 1 is 0.912 bits per heavy atom. The second-order valence-electron chi connectivity index (χ2n) is 7.49. The topological polar surface area (TPSA) is 90.9 Å². The van der Waals surface area contributed by atoms with E-state index >= 15 is 0 Å². The van der Waals surface area contributed by atoms with Crippen LogP contribution >= 0.6 is 24.8 Å². The number of hydrogen-bond acceptors (Lipinski definition) is 5. The van der Waals surface area contributed by atoms with Crippen molar-refractivity contribution < 1.29 is 19.6 Å². The first-order valence-corrected chi connectivity index (χ1v) is 10.7. The van der Waals surface area contributed by atoms with Gasteiger partial charge in [-0.15, -0.1) is 24.8 Å². The molecule has 3 aromatic rings. The molecular weight excluding hydrogens is 477 g/mol. The summed E-state index contributed by atoms with van der Waals surface area (Å²) in [6.07, 6.45) is 0.944. The molecule has 0 bridgehead atoms. The van der Waals surface area contributed by atoms with Crippen LogP contribution in [0.3, 0.4) is 0 Å². The van der Waals surface area contributed by atoms with E-state index in [0.29, 0.717) is 5.56 Å². The monoisotopic (exact) mass is 507 g/mol. The van der Waals surface area contributed by atoms with Crippen LogP contribution < -0.4 is 11.0 Å². The lowest BCUT2D eigenvalue weighted by Crippen LogP contribution is -2.25. The Morgan fingerprint density at radius 2 is 1.53 bits per heavy atom. The van der Waals surface area contributed by atoms with Gasteiger partial charge in [0.15, 0.2) is 0 Å². The van der Waals surface area contributed by atoms with Crippen molar-refractivity contribution in [3.05, 3.63) is 82.9 Å². The number of benzene rings is 3. The van der Waals surface area contributed by atoms with Crippen molar-refractivity contribution in [1.29, 1.82) is 0 Å². The van der Waals surface area contributed by atoms with Gasteiger partial charge in [0.1, 0.15) is 6.61 Å². The van der Waals surface area contributed by atoms with Gasteiger partial charge in [0, 0.05) is 17.7 Å². The molecule has 0 saturated carbocycles. The fourth-order valence-corrected chi connectivity index (χ4v) is 3.62. The molecule has 0 saturated heterocycles. The Hall–Kier alpha value is -2.68. The van der Waals surface area contributed by atoms with E-state index < -0.39 is 11.8 Å². The highest BCUT2D eigenvalue weighted by molar-refractivity contribution is 5.97. The van der Waals surface area contributed by atoms with Crippen molar-refractivity contribution in [3.63, 3.8) is 0 Å². The van der Waals surface area contributed by atoms with E-state index in [-0.39, 0.29) is 37.0 Å². The molecule has 0 fully saturated rings.